The van der Waals surface area contributed by atoms with Crippen LogP contribution in [0, 0.1) is 10.8 Å². The van der Waals surface area contributed by atoms with Gasteiger partial charge in [0.1, 0.15) is 0 Å². The van der Waals surface area contributed by atoms with Gasteiger partial charge in [-0.3, -0.25) is 0 Å². The van der Waals surface area contributed by atoms with E-state index in [0.29, 0.717) is 0 Å². The number of hydrogen-bond acceptors (Lipinski definition) is 2. The van der Waals surface area contributed by atoms with Crippen molar-refractivity contribution < 1.29 is 8.33 Å². The summed E-state index contributed by atoms with van der Waals surface area (Å²) in [6, 6.07) is 1.25. The molecular weight excluding hydrogens is 80.3 g/mol. The standard InChI is InChI=1S/CH2N2.Mg.H2O.2H/c2-1-3;;;;/h2-3H;;1H2;;/q;+2;;2*-1. The van der Waals surface area contributed by atoms with Crippen LogP contribution in [0.1, 0.15) is 2.85 Å². The first kappa shape index (κ1) is 19.4. The Hall–Kier alpha value is 0.106. The van der Waals surface area contributed by atoms with Crippen molar-refractivity contribution in [3.8, 4) is 0 Å². The van der Waals surface area contributed by atoms with E-state index in [1.807, 2.05) is 0 Å². The monoisotopic (exact) mass is 86.0 g/mol. The second-order valence-electron chi connectivity index (χ2n) is 0.125. The zero-order chi connectivity index (χ0) is 2.71. The van der Waals surface area contributed by atoms with Crippen molar-refractivity contribution in [3.63, 3.8) is 0 Å². The van der Waals surface area contributed by atoms with Crippen molar-refractivity contribution in [2.75, 3.05) is 0 Å². The average Bonchev–Trinajstić information content (AvgIpc) is 0.918. The minimum absolute atomic E-state index is 0. The van der Waals surface area contributed by atoms with Gasteiger partial charge in [0, 0.05) is 0 Å². The first-order valence-corrected chi connectivity index (χ1v) is 0.500. The summed E-state index contributed by atoms with van der Waals surface area (Å²) in [6.45, 7) is 0. The van der Waals surface area contributed by atoms with Gasteiger partial charge in [0.15, 0.2) is 0 Å². The van der Waals surface area contributed by atoms with Crippen LogP contribution in [-0.4, -0.2) is 34.5 Å². The maximum atomic E-state index is 5.62. The minimum atomic E-state index is 0. The molecule has 0 amide bonds. The predicted octanol–water partition coefficient (Wildman–Crippen LogP) is -0.663. The van der Waals surface area contributed by atoms with Gasteiger partial charge in [0.2, 0.25) is 0 Å². The number of nitrogens with one attached hydrogen (secondary N) is 2. The molecule has 4 heteroatoms. The first-order chi connectivity index (χ1) is 1.41. The Morgan fingerprint density at radius 2 is 1.40 bits per heavy atom. The molecule has 5 heavy (non-hydrogen) atoms. The van der Waals surface area contributed by atoms with Crippen molar-refractivity contribution >= 4 is 29.1 Å². The van der Waals surface area contributed by atoms with E-state index in [-0.39, 0.29) is 31.4 Å². The van der Waals surface area contributed by atoms with Crippen molar-refractivity contribution in [2.24, 2.45) is 0 Å². The third kappa shape index (κ3) is 1610. The van der Waals surface area contributed by atoms with Crippen molar-refractivity contribution in [2.45, 2.75) is 0 Å². The molecule has 0 unspecified atom stereocenters. The molecule has 0 aromatic carbocycles. The molecule has 0 aromatic heterocycles. The van der Waals surface area contributed by atoms with Gasteiger partial charge in [-0.05, 0) is 0 Å². The molecule has 0 aliphatic rings. The third-order valence-electron chi connectivity index (χ3n) is 0. The molecule has 0 atom stereocenters. The third-order valence-corrected chi connectivity index (χ3v) is 0. The van der Waals surface area contributed by atoms with Crippen LogP contribution in [0.5, 0.6) is 0 Å². The second-order valence-corrected chi connectivity index (χ2v) is 0.125. The summed E-state index contributed by atoms with van der Waals surface area (Å²) in [5.74, 6) is 0. The second kappa shape index (κ2) is 32.4. The molecule has 0 aliphatic carbocycles. The average molecular weight is 86.4 g/mol. The van der Waals surface area contributed by atoms with Crippen LogP contribution >= 0.6 is 0 Å². The van der Waals surface area contributed by atoms with E-state index in [1.165, 1.54) is 6.01 Å². The van der Waals surface area contributed by atoms with E-state index >= 15 is 0 Å². The van der Waals surface area contributed by atoms with Crippen molar-refractivity contribution in [3.05, 3.63) is 0 Å². The number of rotatable bonds is 0. The quantitative estimate of drug-likeness (QED) is 0.290. The molecule has 0 saturated heterocycles. The van der Waals surface area contributed by atoms with E-state index in [2.05, 4.69) is 0 Å². The van der Waals surface area contributed by atoms with Crippen LogP contribution in [0.4, 0.5) is 0 Å². The van der Waals surface area contributed by atoms with Crippen molar-refractivity contribution in [1.82, 2.24) is 0 Å². The summed E-state index contributed by atoms with van der Waals surface area (Å²) in [5, 5.41) is 11.2. The normalized spacial score (nSPS) is 1.60. The summed E-state index contributed by atoms with van der Waals surface area (Å²) >= 11 is 0. The van der Waals surface area contributed by atoms with E-state index in [9.17, 15) is 0 Å². The van der Waals surface area contributed by atoms with E-state index in [1.54, 1.807) is 0 Å². The molecule has 3 nitrogen and oxygen atoms in total. The smallest absolute Gasteiger partial charge is 1.00 e. The number of hydrogen-bond donors (Lipinski definition) is 2. The Morgan fingerprint density at radius 1 is 1.40 bits per heavy atom. The van der Waals surface area contributed by atoms with Crippen LogP contribution in [0.25, 0.3) is 0 Å². The van der Waals surface area contributed by atoms with Crippen LogP contribution in [0.15, 0.2) is 0 Å². The van der Waals surface area contributed by atoms with Gasteiger partial charge < -0.3 is 8.33 Å². The van der Waals surface area contributed by atoms with E-state index in [4.69, 9.17) is 10.8 Å². The van der Waals surface area contributed by atoms with Crippen LogP contribution in [0.3, 0.4) is 0 Å². The van der Waals surface area contributed by atoms with Crippen LogP contribution in [0.2, 0.25) is 0 Å². The molecule has 0 fully saturated rings. The van der Waals surface area contributed by atoms with Gasteiger partial charge in [-0.2, -0.15) is 0 Å². The van der Waals surface area contributed by atoms with E-state index < -0.39 is 0 Å². The summed E-state index contributed by atoms with van der Waals surface area (Å²) in [5.41, 5.74) is 0. The molecule has 0 rings (SSSR count). The fraction of sp³-hybridized carbons (Fsp3) is 0. The molecule has 0 spiro atoms. The van der Waals surface area contributed by atoms with Gasteiger partial charge in [-0.25, -0.2) is 10.8 Å². The molecule has 28 valence electrons. The van der Waals surface area contributed by atoms with Gasteiger partial charge in [0.25, 0.3) is 0 Å². The zero-order valence-electron chi connectivity index (χ0n) is 4.71. The van der Waals surface area contributed by atoms with Gasteiger partial charge >= 0.3 is 23.1 Å². The summed E-state index contributed by atoms with van der Waals surface area (Å²) in [4.78, 5) is 0. The molecule has 0 radical (unpaired) electrons. The van der Waals surface area contributed by atoms with Gasteiger partial charge in [-0.1, -0.05) is 0 Å². The molecule has 0 aliphatic heterocycles. The fourth-order valence-corrected chi connectivity index (χ4v) is 0. The van der Waals surface area contributed by atoms with Crippen LogP contribution in [-0.2, 0) is 0 Å². The van der Waals surface area contributed by atoms with Gasteiger partial charge in [-0.15, -0.1) is 0 Å². The maximum absolute atomic E-state index is 5.62. The fourth-order valence-electron chi connectivity index (χ4n) is 0. The molecule has 0 bridgehead atoms. The van der Waals surface area contributed by atoms with Crippen molar-refractivity contribution in [1.29, 1.82) is 10.8 Å². The Bertz CT molecular complexity index is 36.7. The zero-order valence-corrected chi connectivity index (χ0v) is 4.12. The summed E-state index contributed by atoms with van der Waals surface area (Å²) < 4.78 is 0. The Morgan fingerprint density at radius 3 is 1.40 bits per heavy atom. The SMILES string of the molecule is N=C=N.O.[H-].[H-].[Mg+2]. The molecule has 4 N–H and O–H groups in total. The largest absolute Gasteiger partial charge is 2.00 e. The maximum Gasteiger partial charge on any atom is 2.00 e. The minimum Gasteiger partial charge on any atom is -1.00 e. The Labute approximate surface area is 48.8 Å². The summed E-state index contributed by atoms with van der Waals surface area (Å²) in [6.07, 6.45) is 0. The Kier molecular flexibility index (Phi) is 126. The van der Waals surface area contributed by atoms with Crippen LogP contribution < -0.4 is 0 Å². The topological polar surface area (TPSA) is 79.2 Å². The first-order valence-electron chi connectivity index (χ1n) is 0.500. The van der Waals surface area contributed by atoms with Gasteiger partial charge in [0.05, 0.1) is 6.01 Å². The Balaban J connectivity index is -0.00000000333. The molecular formula is CH6MgN2O. The molecule has 0 heterocycles. The van der Waals surface area contributed by atoms with E-state index in [0.717, 1.165) is 0 Å². The summed E-state index contributed by atoms with van der Waals surface area (Å²) in [7, 11) is 0. The predicted molar refractivity (Wildman–Crippen MR) is 22.0 cm³/mol. The molecule has 0 saturated carbocycles. The molecule has 0 aromatic rings.